The molecule has 0 unspecified atom stereocenters. The van der Waals surface area contributed by atoms with Crippen molar-refractivity contribution in [3.05, 3.63) is 29.8 Å². The maximum Gasteiger partial charge on any atom is 0.119 e. The zero-order valence-corrected chi connectivity index (χ0v) is 13.5. The van der Waals surface area contributed by atoms with Crippen molar-refractivity contribution in [3.8, 4) is 11.8 Å². The van der Waals surface area contributed by atoms with E-state index in [1.54, 1.807) is 19.2 Å². The Labute approximate surface area is 132 Å². The van der Waals surface area contributed by atoms with Crippen LogP contribution in [0, 0.1) is 11.3 Å². The van der Waals surface area contributed by atoms with E-state index in [2.05, 4.69) is 24.8 Å². The molecule has 1 fully saturated rings. The van der Waals surface area contributed by atoms with Crippen LogP contribution in [-0.2, 0) is 9.47 Å². The van der Waals surface area contributed by atoms with Gasteiger partial charge in [-0.1, -0.05) is 0 Å². The molecule has 0 spiro atoms. The van der Waals surface area contributed by atoms with Gasteiger partial charge in [-0.05, 0) is 38.1 Å². The van der Waals surface area contributed by atoms with Crippen molar-refractivity contribution in [2.75, 3.05) is 40.0 Å². The minimum absolute atomic E-state index is 0.101. The lowest BCUT2D eigenvalue weighted by molar-refractivity contribution is -0.153. The highest BCUT2D eigenvalue weighted by molar-refractivity contribution is 5.34. The first-order chi connectivity index (χ1) is 10.5. The van der Waals surface area contributed by atoms with Crippen molar-refractivity contribution in [3.63, 3.8) is 0 Å². The van der Waals surface area contributed by atoms with Gasteiger partial charge >= 0.3 is 0 Å². The summed E-state index contributed by atoms with van der Waals surface area (Å²) >= 11 is 0. The average molecular weight is 304 g/mol. The minimum Gasteiger partial charge on any atom is -0.492 e. The Hall–Kier alpha value is -1.61. The second-order valence-electron chi connectivity index (χ2n) is 6.17. The Morgan fingerprint density at radius 2 is 2.09 bits per heavy atom. The first-order valence-electron chi connectivity index (χ1n) is 7.54. The second-order valence-corrected chi connectivity index (χ2v) is 6.17. The summed E-state index contributed by atoms with van der Waals surface area (Å²) in [7, 11) is 1.70. The van der Waals surface area contributed by atoms with Crippen molar-refractivity contribution >= 4 is 0 Å². The second kappa shape index (κ2) is 7.59. The Morgan fingerprint density at radius 3 is 2.73 bits per heavy atom. The number of ether oxygens (including phenoxy) is 3. The van der Waals surface area contributed by atoms with Gasteiger partial charge in [0.2, 0.25) is 0 Å². The molecule has 1 aliphatic heterocycles. The van der Waals surface area contributed by atoms with Gasteiger partial charge in [0.05, 0.1) is 29.9 Å². The quantitative estimate of drug-likeness (QED) is 0.805. The third-order valence-electron chi connectivity index (χ3n) is 3.56. The molecule has 0 saturated carbocycles. The van der Waals surface area contributed by atoms with Crippen LogP contribution in [0.4, 0.5) is 0 Å². The normalized spacial score (nSPS) is 21.3. The zero-order valence-electron chi connectivity index (χ0n) is 13.5. The van der Waals surface area contributed by atoms with Crippen LogP contribution in [0.3, 0.4) is 0 Å². The van der Waals surface area contributed by atoms with Gasteiger partial charge in [0, 0.05) is 26.7 Å². The number of methoxy groups -OCH3 is 1. The molecule has 120 valence electrons. The Morgan fingerprint density at radius 1 is 1.36 bits per heavy atom. The number of nitriles is 1. The molecule has 0 N–H and O–H groups in total. The maximum absolute atomic E-state index is 8.77. The summed E-state index contributed by atoms with van der Waals surface area (Å²) in [5.41, 5.74) is 0.472. The first kappa shape index (κ1) is 16.8. The fraction of sp³-hybridized carbons (Fsp3) is 0.588. The Kier molecular flexibility index (Phi) is 5.78. The first-order valence-corrected chi connectivity index (χ1v) is 7.54. The SMILES string of the molecule is COC[C@@H]1CN(CCOc2ccc(C#N)cc2)CC(C)(C)O1. The van der Waals surface area contributed by atoms with Crippen LogP contribution in [0.2, 0.25) is 0 Å². The molecule has 1 aromatic rings. The highest BCUT2D eigenvalue weighted by Crippen LogP contribution is 2.21. The molecule has 1 heterocycles. The molecule has 1 atom stereocenters. The number of hydrogen-bond donors (Lipinski definition) is 0. The van der Waals surface area contributed by atoms with E-state index in [4.69, 9.17) is 19.5 Å². The van der Waals surface area contributed by atoms with Crippen LogP contribution >= 0.6 is 0 Å². The molecular formula is C17H24N2O3. The third kappa shape index (κ3) is 4.99. The van der Waals surface area contributed by atoms with Gasteiger partial charge in [0.15, 0.2) is 0 Å². The van der Waals surface area contributed by atoms with Crippen molar-refractivity contribution in [2.24, 2.45) is 0 Å². The van der Waals surface area contributed by atoms with Crippen LogP contribution < -0.4 is 4.74 Å². The summed E-state index contributed by atoms with van der Waals surface area (Å²) in [5, 5.41) is 8.77. The van der Waals surface area contributed by atoms with Gasteiger partial charge in [-0.3, -0.25) is 4.90 Å². The number of nitrogens with zero attached hydrogens (tertiary/aromatic N) is 2. The zero-order chi connectivity index (χ0) is 16.0. The summed E-state index contributed by atoms with van der Waals surface area (Å²) in [6.45, 7) is 8.00. The van der Waals surface area contributed by atoms with Crippen molar-refractivity contribution in [2.45, 2.75) is 25.6 Å². The average Bonchev–Trinajstić information content (AvgIpc) is 2.47. The standard InChI is InChI=1S/C17H24N2O3/c1-17(2)13-19(11-16(22-17)12-20-3)8-9-21-15-6-4-14(10-18)5-7-15/h4-7,16H,8-9,11-13H2,1-3H3/t16-/m0/s1. The largest absolute Gasteiger partial charge is 0.492 e. The molecule has 0 bridgehead atoms. The molecule has 1 aromatic carbocycles. The van der Waals surface area contributed by atoms with Gasteiger partial charge in [-0.15, -0.1) is 0 Å². The Bertz CT molecular complexity index is 508. The monoisotopic (exact) mass is 304 g/mol. The minimum atomic E-state index is -0.171. The molecule has 0 aliphatic carbocycles. The molecule has 0 aromatic heterocycles. The molecule has 22 heavy (non-hydrogen) atoms. The van der Waals surface area contributed by atoms with Gasteiger partial charge in [0.25, 0.3) is 0 Å². The summed E-state index contributed by atoms with van der Waals surface area (Å²) < 4.78 is 17.0. The summed E-state index contributed by atoms with van der Waals surface area (Å²) in [6.07, 6.45) is 0.101. The van der Waals surface area contributed by atoms with E-state index in [9.17, 15) is 0 Å². The van der Waals surface area contributed by atoms with E-state index in [0.29, 0.717) is 18.8 Å². The van der Waals surface area contributed by atoms with E-state index in [1.807, 2.05) is 12.1 Å². The van der Waals surface area contributed by atoms with E-state index < -0.39 is 0 Å². The molecule has 2 rings (SSSR count). The highest BCUT2D eigenvalue weighted by atomic mass is 16.5. The fourth-order valence-electron chi connectivity index (χ4n) is 2.78. The van der Waals surface area contributed by atoms with Crippen LogP contribution in [0.1, 0.15) is 19.4 Å². The summed E-state index contributed by atoms with van der Waals surface area (Å²) in [5.74, 6) is 0.792. The predicted octanol–water partition coefficient (Wildman–Crippen LogP) is 2.06. The van der Waals surface area contributed by atoms with Crippen molar-refractivity contribution < 1.29 is 14.2 Å². The molecule has 5 heteroatoms. The van der Waals surface area contributed by atoms with Crippen LogP contribution in [0.15, 0.2) is 24.3 Å². The van der Waals surface area contributed by atoms with E-state index in [-0.39, 0.29) is 11.7 Å². The molecule has 1 saturated heterocycles. The van der Waals surface area contributed by atoms with Crippen molar-refractivity contribution in [1.29, 1.82) is 5.26 Å². The van der Waals surface area contributed by atoms with E-state index >= 15 is 0 Å². The van der Waals surface area contributed by atoms with Crippen LogP contribution in [0.25, 0.3) is 0 Å². The number of hydrogen-bond acceptors (Lipinski definition) is 5. The van der Waals surface area contributed by atoms with E-state index in [0.717, 1.165) is 25.4 Å². The number of morpholine rings is 1. The van der Waals surface area contributed by atoms with Gasteiger partial charge in [-0.2, -0.15) is 5.26 Å². The third-order valence-corrected chi connectivity index (χ3v) is 3.56. The van der Waals surface area contributed by atoms with Crippen LogP contribution in [0.5, 0.6) is 5.75 Å². The van der Waals surface area contributed by atoms with Crippen LogP contribution in [-0.4, -0.2) is 56.6 Å². The lowest BCUT2D eigenvalue weighted by atomic mass is 10.1. The predicted molar refractivity (Wildman–Crippen MR) is 83.9 cm³/mol. The lowest BCUT2D eigenvalue weighted by Crippen LogP contribution is -2.54. The topological polar surface area (TPSA) is 54.7 Å². The number of benzene rings is 1. The molecule has 5 nitrogen and oxygen atoms in total. The van der Waals surface area contributed by atoms with E-state index in [1.165, 1.54) is 0 Å². The Balaban J connectivity index is 1.81. The van der Waals surface area contributed by atoms with Gasteiger partial charge in [0.1, 0.15) is 12.4 Å². The lowest BCUT2D eigenvalue weighted by Gasteiger charge is -2.42. The highest BCUT2D eigenvalue weighted by Gasteiger charge is 2.33. The molecule has 0 amide bonds. The summed E-state index contributed by atoms with van der Waals surface area (Å²) in [4.78, 5) is 2.34. The van der Waals surface area contributed by atoms with Crippen molar-refractivity contribution in [1.82, 2.24) is 4.90 Å². The summed E-state index contributed by atoms with van der Waals surface area (Å²) in [6, 6.07) is 9.29. The molecular weight excluding hydrogens is 280 g/mol. The molecule has 0 radical (unpaired) electrons. The van der Waals surface area contributed by atoms with Gasteiger partial charge < -0.3 is 14.2 Å². The fourth-order valence-corrected chi connectivity index (χ4v) is 2.78. The molecule has 1 aliphatic rings. The maximum atomic E-state index is 8.77. The smallest absolute Gasteiger partial charge is 0.119 e. The number of rotatable bonds is 6. The van der Waals surface area contributed by atoms with Gasteiger partial charge in [-0.25, -0.2) is 0 Å².